The van der Waals surface area contributed by atoms with Crippen LogP contribution in [0.5, 0.6) is 0 Å². The Morgan fingerprint density at radius 2 is 1.73 bits per heavy atom. The van der Waals surface area contributed by atoms with Gasteiger partial charge in [0.05, 0.1) is 32.6 Å². The van der Waals surface area contributed by atoms with Crippen LogP contribution in [0.2, 0.25) is 10.0 Å². The first kappa shape index (κ1) is 28.3. The molecular formula is C25H24Cl2N4O5S. The maximum absolute atomic E-state index is 13.8. The molecule has 0 saturated carbocycles. The molecule has 0 spiro atoms. The number of amides is 1. The molecule has 12 heteroatoms. The van der Waals surface area contributed by atoms with Crippen LogP contribution in [-0.4, -0.2) is 36.3 Å². The number of nitrogens with zero attached hydrogens (tertiary/aromatic N) is 3. The number of rotatable bonds is 9. The zero-order valence-electron chi connectivity index (χ0n) is 20.2. The van der Waals surface area contributed by atoms with Crippen LogP contribution in [0.15, 0.2) is 64.6 Å². The van der Waals surface area contributed by atoms with Gasteiger partial charge < -0.3 is 0 Å². The van der Waals surface area contributed by atoms with Crippen molar-refractivity contribution < 1.29 is 18.1 Å². The molecule has 0 aliphatic carbocycles. The van der Waals surface area contributed by atoms with Crippen molar-refractivity contribution in [2.75, 3.05) is 6.54 Å². The maximum Gasteiger partial charge on any atom is 0.270 e. The zero-order valence-corrected chi connectivity index (χ0v) is 22.6. The van der Waals surface area contributed by atoms with Crippen molar-refractivity contribution in [3.05, 3.63) is 103 Å². The molecule has 0 bridgehead atoms. The highest BCUT2D eigenvalue weighted by Gasteiger charge is 2.30. The fourth-order valence-electron chi connectivity index (χ4n) is 3.86. The molecule has 194 valence electrons. The Morgan fingerprint density at radius 1 is 1.05 bits per heavy atom. The third-order valence-corrected chi connectivity index (χ3v) is 8.19. The average molecular weight is 563 g/mol. The number of benzene rings is 3. The van der Waals surface area contributed by atoms with Gasteiger partial charge in [-0.3, -0.25) is 14.9 Å². The molecule has 3 rings (SSSR count). The number of sulfonamides is 1. The van der Waals surface area contributed by atoms with E-state index in [0.29, 0.717) is 27.3 Å². The lowest BCUT2D eigenvalue weighted by Gasteiger charge is -2.24. The second-order valence-electron chi connectivity index (χ2n) is 8.39. The topological polar surface area (TPSA) is 122 Å². The van der Waals surface area contributed by atoms with Crippen molar-refractivity contribution in [1.82, 2.24) is 9.73 Å². The fraction of sp³-hybridized carbons (Fsp3) is 0.200. The molecule has 0 fully saturated rings. The predicted octanol–water partition coefficient (Wildman–Crippen LogP) is 5.17. The largest absolute Gasteiger partial charge is 0.272 e. The highest BCUT2D eigenvalue weighted by Crippen LogP contribution is 2.28. The summed E-state index contributed by atoms with van der Waals surface area (Å²) in [6.07, 6.45) is 1.23. The minimum Gasteiger partial charge on any atom is -0.272 e. The number of non-ortho nitro benzene ring substituents is 1. The second-order valence-corrected chi connectivity index (χ2v) is 11.1. The number of hydrazone groups is 1. The van der Waals surface area contributed by atoms with E-state index in [9.17, 15) is 23.3 Å². The average Bonchev–Trinajstić information content (AvgIpc) is 2.80. The highest BCUT2D eigenvalue weighted by atomic mass is 35.5. The van der Waals surface area contributed by atoms with E-state index in [4.69, 9.17) is 23.2 Å². The lowest BCUT2D eigenvalue weighted by Crippen LogP contribution is -2.39. The smallest absolute Gasteiger partial charge is 0.270 e. The molecular weight excluding hydrogens is 539 g/mol. The van der Waals surface area contributed by atoms with Crippen molar-refractivity contribution >= 4 is 51.0 Å². The summed E-state index contributed by atoms with van der Waals surface area (Å²) in [5.74, 6) is -0.701. The number of nitro benzene ring substituents is 1. The predicted molar refractivity (Wildman–Crippen MR) is 144 cm³/mol. The lowest BCUT2D eigenvalue weighted by molar-refractivity contribution is -0.384. The zero-order chi connectivity index (χ0) is 27.3. The van der Waals surface area contributed by atoms with Crippen LogP contribution in [0, 0.1) is 30.9 Å². The summed E-state index contributed by atoms with van der Waals surface area (Å²) in [5.41, 5.74) is 5.11. The summed E-state index contributed by atoms with van der Waals surface area (Å²) in [5, 5.41) is 15.3. The third kappa shape index (κ3) is 7.14. The number of halogens is 2. The SMILES string of the molecule is Cc1cc(C)c(S(=O)(=O)N(CC(=O)N/N=C/c2cccc([N+](=O)[O-])c2)Cc2ccc(Cl)c(Cl)c2)c(C)c1. The monoisotopic (exact) mass is 562 g/mol. The van der Waals surface area contributed by atoms with E-state index < -0.39 is 27.4 Å². The van der Waals surface area contributed by atoms with Gasteiger partial charge in [0.1, 0.15) is 0 Å². The second kappa shape index (κ2) is 11.8. The Hall–Kier alpha value is -3.31. The molecule has 1 N–H and O–H groups in total. The molecule has 0 atom stereocenters. The molecule has 37 heavy (non-hydrogen) atoms. The van der Waals surface area contributed by atoms with Crippen molar-refractivity contribution in [2.24, 2.45) is 5.10 Å². The van der Waals surface area contributed by atoms with Crippen LogP contribution in [0.25, 0.3) is 0 Å². The number of aryl methyl sites for hydroxylation is 3. The number of hydrogen-bond acceptors (Lipinski definition) is 6. The number of carbonyl (C=O) groups is 1. The quantitative estimate of drug-likeness (QED) is 0.219. The molecule has 3 aromatic carbocycles. The van der Waals surface area contributed by atoms with Crippen molar-refractivity contribution in [1.29, 1.82) is 0 Å². The summed E-state index contributed by atoms with van der Waals surface area (Å²) in [6.45, 7) is 4.59. The first-order chi connectivity index (χ1) is 17.4. The molecule has 1 amide bonds. The van der Waals surface area contributed by atoms with E-state index in [0.717, 1.165) is 9.87 Å². The van der Waals surface area contributed by atoms with Crippen LogP contribution >= 0.6 is 23.2 Å². The van der Waals surface area contributed by atoms with E-state index in [2.05, 4.69) is 10.5 Å². The van der Waals surface area contributed by atoms with Crippen molar-refractivity contribution in [2.45, 2.75) is 32.2 Å². The third-order valence-electron chi connectivity index (χ3n) is 5.35. The van der Waals surface area contributed by atoms with E-state index in [1.807, 2.05) is 6.92 Å². The summed E-state index contributed by atoms with van der Waals surface area (Å²) in [4.78, 5) is 23.3. The Kier molecular flexibility index (Phi) is 9.03. The van der Waals surface area contributed by atoms with Gasteiger partial charge >= 0.3 is 0 Å². The van der Waals surface area contributed by atoms with E-state index in [1.165, 1.54) is 24.4 Å². The molecule has 0 heterocycles. The Morgan fingerprint density at radius 3 is 2.35 bits per heavy atom. The first-order valence-electron chi connectivity index (χ1n) is 11.0. The minimum atomic E-state index is -4.12. The summed E-state index contributed by atoms with van der Waals surface area (Å²) >= 11 is 12.1. The van der Waals surface area contributed by atoms with Gasteiger partial charge in [-0.2, -0.15) is 9.41 Å². The number of nitro groups is 1. The Balaban J connectivity index is 1.89. The maximum atomic E-state index is 13.8. The number of carbonyl (C=O) groups excluding carboxylic acids is 1. The van der Waals surface area contributed by atoms with Crippen molar-refractivity contribution in [3.8, 4) is 0 Å². The van der Waals surface area contributed by atoms with Gasteiger partial charge in [-0.25, -0.2) is 13.8 Å². The van der Waals surface area contributed by atoms with Crippen LogP contribution in [-0.2, 0) is 21.4 Å². The fourth-order valence-corrected chi connectivity index (χ4v) is 5.98. The molecule has 0 unspecified atom stereocenters. The van der Waals surface area contributed by atoms with Crippen LogP contribution in [0.4, 0.5) is 5.69 Å². The van der Waals surface area contributed by atoms with E-state index in [-0.39, 0.29) is 22.2 Å². The molecule has 0 aromatic heterocycles. The summed E-state index contributed by atoms with van der Waals surface area (Å²) in [7, 11) is -4.12. The van der Waals surface area contributed by atoms with E-state index >= 15 is 0 Å². The summed E-state index contributed by atoms with van der Waals surface area (Å²) < 4.78 is 28.6. The van der Waals surface area contributed by atoms with Crippen LogP contribution in [0.1, 0.15) is 27.8 Å². The van der Waals surface area contributed by atoms with Gasteiger partial charge in [-0.1, -0.05) is 59.1 Å². The molecule has 0 saturated heterocycles. The standard InChI is InChI=1S/C25H24Cl2N4O5S/c1-16-9-17(2)25(18(3)10-16)37(35,36)30(14-20-7-8-22(26)23(27)12-20)15-24(32)29-28-13-19-5-4-6-21(11-19)31(33)34/h4-13H,14-15H2,1-3H3,(H,29,32)/b28-13+. The van der Waals surface area contributed by atoms with Crippen molar-refractivity contribution in [3.63, 3.8) is 0 Å². The molecule has 0 aliphatic rings. The Labute approximate surface area is 224 Å². The normalized spacial score (nSPS) is 11.7. The first-order valence-corrected chi connectivity index (χ1v) is 13.2. The minimum absolute atomic E-state index is 0.117. The van der Waals surface area contributed by atoms with Gasteiger partial charge in [0.25, 0.3) is 11.6 Å². The van der Waals surface area contributed by atoms with Crippen LogP contribution < -0.4 is 5.43 Å². The van der Waals surface area contributed by atoms with Gasteiger partial charge in [-0.15, -0.1) is 0 Å². The van der Waals surface area contributed by atoms with Gasteiger partial charge in [0.15, 0.2) is 0 Å². The van der Waals surface area contributed by atoms with Gasteiger partial charge in [-0.05, 0) is 49.6 Å². The molecule has 0 radical (unpaired) electrons. The molecule has 0 aliphatic heterocycles. The van der Waals surface area contributed by atoms with Gasteiger partial charge in [0.2, 0.25) is 10.0 Å². The Bertz CT molecular complexity index is 1470. The molecule has 3 aromatic rings. The number of nitrogens with one attached hydrogen (secondary N) is 1. The lowest BCUT2D eigenvalue weighted by atomic mass is 10.1. The number of hydrogen-bond donors (Lipinski definition) is 1. The highest BCUT2D eigenvalue weighted by molar-refractivity contribution is 7.89. The molecule has 9 nitrogen and oxygen atoms in total. The van der Waals surface area contributed by atoms with Crippen LogP contribution in [0.3, 0.4) is 0 Å². The van der Waals surface area contributed by atoms with E-state index in [1.54, 1.807) is 50.2 Å². The summed E-state index contributed by atoms with van der Waals surface area (Å²) in [6, 6.07) is 13.9. The van der Waals surface area contributed by atoms with Gasteiger partial charge in [0, 0.05) is 24.2 Å².